The van der Waals surface area contributed by atoms with Crippen LogP contribution < -0.4 is 9.97 Å². The normalized spacial score (nSPS) is 17.8. The molecule has 4 amide bonds. The summed E-state index contributed by atoms with van der Waals surface area (Å²) in [7, 11) is -1.54. The summed E-state index contributed by atoms with van der Waals surface area (Å²) >= 11 is 6.22. The number of hydrogen-bond donors (Lipinski definition) is 4. The van der Waals surface area contributed by atoms with E-state index in [0.29, 0.717) is 10.5 Å². The predicted molar refractivity (Wildman–Crippen MR) is 135 cm³/mol. The molecule has 4 rings (SSSR count). The van der Waals surface area contributed by atoms with Gasteiger partial charge >= 0.3 is 30.9 Å². The molecule has 1 aromatic carbocycles. The number of Topliss-reactive ketones (excluding diaryl/α,β-unsaturated/α-hetero) is 1. The Morgan fingerprint density at radius 3 is 2.67 bits per heavy atom. The highest BCUT2D eigenvalue weighted by atomic mass is 35.5. The van der Waals surface area contributed by atoms with Gasteiger partial charge in [-0.3, -0.25) is 24.3 Å². The first-order valence-electron chi connectivity index (χ1n) is 12.0. The number of hydrogen-bond acceptors (Lipinski definition) is 9. The molecule has 4 N–H and O–H groups in total. The molecule has 13 nitrogen and oxygen atoms in total. The minimum Gasteiger partial charge on any atom is -0.535 e. The van der Waals surface area contributed by atoms with Crippen molar-refractivity contribution in [2.45, 2.75) is 31.6 Å². The first-order valence-corrected chi connectivity index (χ1v) is 12.4. The molecule has 0 bridgehead atoms. The standard InChI is InChI=1S/C24H24BClN4O9/c1-2-29-6-7-30(22(34)21(29)33)24(37)28-19(18-16(26)10-14(31)11-27-18)17(32)9-13-8-12-4-3-5-15(23(35)36)20(12)39-25(13)38/h3-5,10-11,13,19,31,38H,2,6-9H2,1H3,(H,28,37)(H,35,36)/t13-,19?/m1/s1. The van der Waals surface area contributed by atoms with Gasteiger partial charge < -0.3 is 30.1 Å². The van der Waals surface area contributed by atoms with Gasteiger partial charge in [0.05, 0.1) is 22.5 Å². The second-order valence-corrected chi connectivity index (χ2v) is 9.43. The van der Waals surface area contributed by atoms with Crippen molar-refractivity contribution >= 4 is 48.3 Å². The van der Waals surface area contributed by atoms with Gasteiger partial charge in [-0.05, 0) is 25.0 Å². The van der Waals surface area contributed by atoms with Crippen molar-refractivity contribution in [2.75, 3.05) is 19.6 Å². The number of carbonyl (C=O) groups excluding carboxylic acids is 4. The number of likely N-dealkylation sites (N-methyl/N-ethyl adjacent to an activating group) is 1. The number of piperazine rings is 1. The van der Waals surface area contributed by atoms with E-state index < -0.39 is 48.6 Å². The summed E-state index contributed by atoms with van der Waals surface area (Å²) in [5, 5.41) is 31.9. The van der Waals surface area contributed by atoms with E-state index in [1.807, 2.05) is 0 Å². The summed E-state index contributed by atoms with van der Waals surface area (Å²) in [4.78, 5) is 68.8. The van der Waals surface area contributed by atoms with Gasteiger partial charge in [0.15, 0.2) is 5.78 Å². The van der Waals surface area contributed by atoms with Crippen molar-refractivity contribution in [3.8, 4) is 11.5 Å². The fraction of sp³-hybridized carbons (Fsp3) is 0.333. The first kappa shape index (κ1) is 27.9. The van der Waals surface area contributed by atoms with Gasteiger partial charge in [0.25, 0.3) is 0 Å². The fourth-order valence-electron chi connectivity index (χ4n) is 4.53. The number of rotatable bonds is 7. The highest BCUT2D eigenvalue weighted by molar-refractivity contribution is 6.47. The molecular formula is C24H24BClN4O9. The van der Waals surface area contributed by atoms with Crippen LogP contribution in [0.4, 0.5) is 4.79 Å². The molecule has 0 saturated carbocycles. The Balaban J connectivity index is 1.58. The van der Waals surface area contributed by atoms with Gasteiger partial charge in [-0.25, -0.2) is 9.59 Å². The van der Waals surface area contributed by atoms with Crippen LogP contribution in [-0.2, 0) is 20.8 Å². The van der Waals surface area contributed by atoms with E-state index in [9.17, 15) is 39.2 Å². The number of halogens is 1. The summed E-state index contributed by atoms with van der Waals surface area (Å²) in [5.74, 6) is -4.94. The van der Waals surface area contributed by atoms with Crippen molar-refractivity contribution < 1.29 is 43.9 Å². The Bertz CT molecular complexity index is 1360. The zero-order chi connectivity index (χ0) is 28.4. The predicted octanol–water partition coefficient (Wildman–Crippen LogP) is 1.03. The zero-order valence-corrected chi connectivity index (χ0v) is 21.4. The third-order valence-electron chi connectivity index (χ3n) is 6.57. The highest BCUT2D eigenvalue weighted by Gasteiger charge is 2.41. The van der Waals surface area contributed by atoms with E-state index in [1.54, 1.807) is 13.0 Å². The number of carbonyl (C=O) groups is 5. The number of pyridine rings is 1. The maximum absolute atomic E-state index is 13.5. The minimum absolute atomic E-state index is 0.00342. The van der Waals surface area contributed by atoms with Crippen LogP contribution in [0, 0.1) is 0 Å². The van der Waals surface area contributed by atoms with Gasteiger partial charge in [-0.2, -0.15) is 0 Å². The number of fused-ring (bicyclic) bond motifs is 1. The molecule has 2 aliphatic heterocycles. The summed E-state index contributed by atoms with van der Waals surface area (Å²) in [6.45, 7) is 2.00. The van der Waals surface area contributed by atoms with Crippen LogP contribution in [0.15, 0.2) is 30.5 Å². The molecule has 1 aromatic heterocycles. The molecule has 15 heteroatoms. The maximum Gasteiger partial charge on any atom is 0.526 e. The Morgan fingerprint density at radius 1 is 1.26 bits per heavy atom. The van der Waals surface area contributed by atoms with E-state index in [-0.39, 0.29) is 60.3 Å². The average molecular weight is 559 g/mol. The number of carboxylic acids is 1. The summed E-state index contributed by atoms with van der Waals surface area (Å²) < 4.78 is 5.45. The van der Waals surface area contributed by atoms with Crippen molar-refractivity contribution in [1.82, 2.24) is 20.1 Å². The second kappa shape index (κ2) is 11.3. The lowest BCUT2D eigenvalue weighted by Crippen LogP contribution is -2.58. The number of imide groups is 1. The largest absolute Gasteiger partial charge is 0.535 e. The van der Waals surface area contributed by atoms with Gasteiger partial charge in [-0.15, -0.1) is 0 Å². The molecule has 0 spiro atoms. The van der Waals surface area contributed by atoms with Gasteiger partial charge in [0, 0.05) is 37.9 Å². The van der Waals surface area contributed by atoms with Crippen molar-refractivity contribution in [3.63, 3.8) is 0 Å². The van der Waals surface area contributed by atoms with Gasteiger partial charge in [0.2, 0.25) is 0 Å². The molecule has 2 atom stereocenters. The zero-order valence-electron chi connectivity index (χ0n) is 20.7. The van der Waals surface area contributed by atoms with Crippen molar-refractivity contribution in [3.05, 3.63) is 52.3 Å². The SMILES string of the molecule is CCN1CCN(C(=O)NC(C(=O)C[C@H]2Cc3cccc(C(=O)O)c3OB2O)c2ncc(O)cc2Cl)C(=O)C1=O. The second-order valence-electron chi connectivity index (χ2n) is 9.03. The molecule has 1 saturated heterocycles. The van der Waals surface area contributed by atoms with Crippen LogP contribution in [-0.4, -0.2) is 86.4 Å². The Kier molecular flexibility index (Phi) is 8.07. The van der Waals surface area contributed by atoms with Crippen molar-refractivity contribution in [2.24, 2.45) is 0 Å². The molecule has 0 aliphatic carbocycles. The van der Waals surface area contributed by atoms with Crippen LogP contribution >= 0.6 is 11.6 Å². The third kappa shape index (κ3) is 5.66. The topological polar surface area (TPSA) is 187 Å². The Morgan fingerprint density at radius 2 is 2.00 bits per heavy atom. The highest BCUT2D eigenvalue weighted by Crippen LogP contribution is 2.37. The van der Waals surface area contributed by atoms with Crippen molar-refractivity contribution in [1.29, 1.82) is 0 Å². The lowest BCUT2D eigenvalue weighted by Gasteiger charge is -2.33. The van der Waals surface area contributed by atoms with E-state index in [4.69, 9.17) is 16.3 Å². The third-order valence-corrected chi connectivity index (χ3v) is 6.87. The molecule has 39 heavy (non-hydrogen) atoms. The number of benzene rings is 1. The fourth-order valence-corrected chi connectivity index (χ4v) is 4.80. The molecule has 204 valence electrons. The average Bonchev–Trinajstić information content (AvgIpc) is 2.89. The summed E-state index contributed by atoms with van der Waals surface area (Å²) in [5.41, 5.74) is 0.208. The first-order chi connectivity index (χ1) is 18.5. The van der Waals surface area contributed by atoms with Crippen LogP contribution in [0.1, 0.15) is 41.0 Å². The maximum atomic E-state index is 13.5. The lowest BCUT2D eigenvalue weighted by atomic mass is 9.64. The van der Waals surface area contributed by atoms with Gasteiger partial charge in [-0.1, -0.05) is 23.7 Å². The molecule has 0 radical (unpaired) electrons. The van der Waals surface area contributed by atoms with E-state index in [0.717, 1.165) is 12.3 Å². The van der Waals surface area contributed by atoms with E-state index >= 15 is 0 Å². The smallest absolute Gasteiger partial charge is 0.526 e. The number of aromatic carboxylic acids is 1. The molecule has 1 fully saturated rings. The minimum atomic E-state index is -1.54. The number of para-hydroxylation sites is 1. The monoisotopic (exact) mass is 558 g/mol. The molecule has 1 unspecified atom stereocenters. The number of carboxylic acid groups (broad SMARTS) is 1. The quantitative estimate of drug-likeness (QED) is 0.282. The van der Waals surface area contributed by atoms with Crippen LogP contribution in [0.2, 0.25) is 10.8 Å². The Hall–Kier alpha value is -4.17. The van der Waals surface area contributed by atoms with Crippen LogP contribution in [0.25, 0.3) is 0 Å². The molecule has 2 aromatic rings. The van der Waals surface area contributed by atoms with E-state index in [2.05, 4.69) is 10.3 Å². The summed E-state index contributed by atoms with van der Waals surface area (Å²) in [6, 6.07) is 3.04. The molecule has 2 aliphatic rings. The molecular weight excluding hydrogens is 535 g/mol. The van der Waals surface area contributed by atoms with Crippen LogP contribution in [0.3, 0.4) is 0 Å². The number of aromatic nitrogens is 1. The summed E-state index contributed by atoms with van der Waals surface area (Å²) in [6.07, 6.45) is 0.746. The number of urea groups is 1. The van der Waals surface area contributed by atoms with Gasteiger partial charge in [0.1, 0.15) is 17.5 Å². The number of amides is 4. The number of nitrogens with one attached hydrogen (secondary N) is 1. The lowest BCUT2D eigenvalue weighted by molar-refractivity contribution is -0.153. The Labute approximate surface area is 227 Å². The molecule has 3 heterocycles. The van der Waals surface area contributed by atoms with E-state index in [1.165, 1.54) is 17.0 Å². The number of aromatic hydroxyl groups is 1. The van der Waals surface area contributed by atoms with Crippen LogP contribution in [0.5, 0.6) is 11.5 Å². The number of ketones is 1. The number of nitrogens with zero attached hydrogens (tertiary/aromatic N) is 3.